The molecule has 0 aromatic carbocycles. The van der Waals surface area contributed by atoms with Gasteiger partial charge in [-0.3, -0.25) is 9.79 Å². The lowest BCUT2D eigenvalue weighted by atomic mass is 9.94. The van der Waals surface area contributed by atoms with Gasteiger partial charge in [0.25, 0.3) is 0 Å². The van der Waals surface area contributed by atoms with Gasteiger partial charge < -0.3 is 20.4 Å². The minimum atomic E-state index is 0. The molecule has 7 heteroatoms. The van der Waals surface area contributed by atoms with Crippen molar-refractivity contribution in [3.05, 3.63) is 0 Å². The lowest BCUT2D eigenvalue weighted by molar-refractivity contribution is -0.134. The predicted octanol–water partition coefficient (Wildman–Crippen LogP) is 2.29. The van der Waals surface area contributed by atoms with Gasteiger partial charge in [0.15, 0.2) is 5.96 Å². The lowest BCUT2D eigenvalue weighted by Gasteiger charge is -2.29. The summed E-state index contributed by atoms with van der Waals surface area (Å²) in [5.41, 5.74) is 0. The Morgan fingerprint density at radius 1 is 1.07 bits per heavy atom. The molecule has 0 bridgehead atoms. The van der Waals surface area contributed by atoms with E-state index in [4.69, 9.17) is 0 Å². The molecule has 2 heterocycles. The molecule has 1 amide bonds. The summed E-state index contributed by atoms with van der Waals surface area (Å²) >= 11 is 0. The van der Waals surface area contributed by atoms with Crippen molar-refractivity contribution in [1.29, 1.82) is 0 Å². The second kappa shape index (κ2) is 11.4. The van der Waals surface area contributed by atoms with Crippen LogP contribution in [0.3, 0.4) is 0 Å². The molecule has 1 aliphatic carbocycles. The zero-order chi connectivity index (χ0) is 18.4. The molecule has 0 radical (unpaired) electrons. The van der Waals surface area contributed by atoms with Gasteiger partial charge in [-0.25, -0.2) is 0 Å². The molecule has 2 saturated heterocycles. The first kappa shape index (κ1) is 22.7. The van der Waals surface area contributed by atoms with Crippen LogP contribution in [0.5, 0.6) is 0 Å². The summed E-state index contributed by atoms with van der Waals surface area (Å²) in [5.74, 6) is 2.40. The minimum absolute atomic E-state index is 0. The molecule has 1 atom stereocenters. The summed E-state index contributed by atoms with van der Waals surface area (Å²) in [7, 11) is 4.05. The van der Waals surface area contributed by atoms with Crippen molar-refractivity contribution in [1.82, 2.24) is 20.4 Å². The fourth-order valence-corrected chi connectivity index (χ4v) is 4.64. The van der Waals surface area contributed by atoms with Crippen LogP contribution >= 0.6 is 24.0 Å². The summed E-state index contributed by atoms with van der Waals surface area (Å²) in [6, 6.07) is 0.329. The van der Waals surface area contributed by atoms with Gasteiger partial charge in [0.2, 0.25) is 5.91 Å². The number of guanidine groups is 1. The fourth-order valence-electron chi connectivity index (χ4n) is 4.64. The van der Waals surface area contributed by atoms with Crippen molar-refractivity contribution in [2.75, 3.05) is 46.8 Å². The number of likely N-dealkylation sites (tertiary alicyclic amines) is 2. The van der Waals surface area contributed by atoms with Crippen LogP contribution in [0.2, 0.25) is 0 Å². The number of rotatable bonds is 5. The number of halogens is 1. The van der Waals surface area contributed by atoms with Crippen molar-refractivity contribution in [2.24, 2.45) is 16.8 Å². The van der Waals surface area contributed by atoms with E-state index in [0.29, 0.717) is 17.9 Å². The van der Waals surface area contributed by atoms with Crippen LogP contribution in [0.4, 0.5) is 0 Å². The number of aliphatic imine (C=N–C) groups is 1. The molecule has 0 spiro atoms. The Labute approximate surface area is 181 Å². The molecule has 6 nitrogen and oxygen atoms in total. The minimum Gasteiger partial charge on any atom is -0.356 e. The van der Waals surface area contributed by atoms with Crippen molar-refractivity contribution >= 4 is 35.8 Å². The van der Waals surface area contributed by atoms with Crippen LogP contribution in [0.15, 0.2) is 4.99 Å². The molecule has 0 aromatic heterocycles. The van der Waals surface area contributed by atoms with Crippen molar-refractivity contribution in [3.8, 4) is 0 Å². The summed E-state index contributed by atoms with van der Waals surface area (Å²) in [6.45, 7) is 5.14. The van der Waals surface area contributed by atoms with E-state index in [1.54, 1.807) is 0 Å². The third kappa shape index (κ3) is 6.76. The highest BCUT2D eigenvalue weighted by Gasteiger charge is 2.32. The molecule has 2 N–H and O–H groups in total. The number of nitrogens with zero attached hydrogens (tertiary/aromatic N) is 3. The van der Waals surface area contributed by atoms with E-state index >= 15 is 0 Å². The van der Waals surface area contributed by atoms with Gasteiger partial charge in [-0.15, -0.1) is 24.0 Å². The van der Waals surface area contributed by atoms with Crippen molar-refractivity contribution < 1.29 is 4.79 Å². The van der Waals surface area contributed by atoms with E-state index in [2.05, 4.69) is 32.5 Å². The Morgan fingerprint density at radius 3 is 2.44 bits per heavy atom. The normalized spacial score (nSPS) is 25.5. The van der Waals surface area contributed by atoms with E-state index in [1.165, 1.54) is 45.2 Å². The van der Waals surface area contributed by atoms with Gasteiger partial charge in [-0.1, -0.05) is 12.8 Å². The summed E-state index contributed by atoms with van der Waals surface area (Å²) in [4.78, 5) is 21.4. The Hall–Kier alpha value is -0.570. The maximum absolute atomic E-state index is 12.6. The number of amides is 1. The highest BCUT2D eigenvalue weighted by atomic mass is 127. The van der Waals surface area contributed by atoms with E-state index in [-0.39, 0.29) is 24.0 Å². The number of carbonyl (C=O) groups is 1. The van der Waals surface area contributed by atoms with Crippen LogP contribution in [-0.4, -0.2) is 74.5 Å². The Kier molecular flexibility index (Phi) is 9.62. The molecule has 1 unspecified atom stereocenters. The fraction of sp³-hybridized carbons (Fsp3) is 0.900. The van der Waals surface area contributed by atoms with Crippen molar-refractivity contribution in [3.63, 3.8) is 0 Å². The SMILES string of the molecule is CN=C(NCCC1CCN(C)CC1)NC1CCN(C(=O)C2CCCC2)C1.I. The molecular weight excluding hydrogens is 453 g/mol. The van der Waals surface area contributed by atoms with E-state index < -0.39 is 0 Å². The smallest absolute Gasteiger partial charge is 0.225 e. The van der Waals surface area contributed by atoms with E-state index in [0.717, 1.165) is 50.8 Å². The Morgan fingerprint density at radius 2 is 1.78 bits per heavy atom. The van der Waals surface area contributed by atoms with Crippen LogP contribution < -0.4 is 10.6 Å². The monoisotopic (exact) mass is 491 g/mol. The third-order valence-electron chi connectivity index (χ3n) is 6.45. The second-order valence-electron chi connectivity index (χ2n) is 8.43. The molecule has 156 valence electrons. The largest absolute Gasteiger partial charge is 0.356 e. The maximum atomic E-state index is 12.6. The van der Waals surface area contributed by atoms with Gasteiger partial charge in [-0.05, 0) is 64.6 Å². The zero-order valence-electron chi connectivity index (χ0n) is 17.1. The number of hydrogen-bond donors (Lipinski definition) is 2. The molecule has 3 rings (SSSR count). The first-order chi connectivity index (χ1) is 12.7. The quantitative estimate of drug-likeness (QED) is 0.352. The summed E-state index contributed by atoms with van der Waals surface area (Å²) in [5, 5.41) is 7.00. The van der Waals surface area contributed by atoms with E-state index in [1.807, 2.05) is 7.05 Å². The van der Waals surface area contributed by atoms with Gasteiger partial charge in [0.1, 0.15) is 0 Å². The van der Waals surface area contributed by atoms with Gasteiger partial charge in [-0.2, -0.15) is 0 Å². The summed E-state index contributed by atoms with van der Waals surface area (Å²) in [6.07, 6.45) is 9.48. The van der Waals surface area contributed by atoms with Gasteiger partial charge >= 0.3 is 0 Å². The first-order valence-electron chi connectivity index (χ1n) is 10.6. The highest BCUT2D eigenvalue weighted by molar-refractivity contribution is 14.0. The Balaban J connectivity index is 0.00000261. The first-order valence-corrected chi connectivity index (χ1v) is 10.6. The molecule has 3 fully saturated rings. The zero-order valence-corrected chi connectivity index (χ0v) is 19.4. The number of piperidine rings is 1. The highest BCUT2D eigenvalue weighted by Crippen LogP contribution is 2.27. The van der Waals surface area contributed by atoms with Crippen LogP contribution in [0.25, 0.3) is 0 Å². The average Bonchev–Trinajstić information content (AvgIpc) is 3.34. The average molecular weight is 491 g/mol. The molecular formula is C20H38IN5O. The maximum Gasteiger partial charge on any atom is 0.225 e. The molecule has 1 saturated carbocycles. The van der Waals surface area contributed by atoms with E-state index in [9.17, 15) is 4.79 Å². The lowest BCUT2D eigenvalue weighted by Crippen LogP contribution is -2.46. The molecule has 27 heavy (non-hydrogen) atoms. The topological polar surface area (TPSA) is 60.0 Å². The van der Waals surface area contributed by atoms with Gasteiger partial charge in [0.05, 0.1) is 0 Å². The van der Waals surface area contributed by atoms with Crippen molar-refractivity contribution in [2.45, 2.75) is 57.4 Å². The molecule has 2 aliphatic heterocycles. The molecule has 0 aromatic rings. The van der Waals surface area contributed by atoms with Crippen LogP contribution in [-0.2, 0) is 4.79 Å². The Bertz CT molecular complexity index is 487. The predicted molar refractivity (Wildman–Crippen MR) is 122 cm³/mol. The number of nitrogens with one attached hydrogen (secondary N) is 2. The number of hydrogen-bond acceptors (Lipinski definition) is 3. The third-order valence-corrected chi connectivity index (χ3v) is 6.45. The second-order valence-corrected chi connectivity index (χ2v) is 8.43. The van der Waals surface area contributed by atoms with Gasteiger partial charge in [0, 0.05) is 38.6 Å². The van der Waals surface area contributed by atoms with Crippen LogP contribution in [0.1, 0.15) is 51.4 Å². The molecule has 3 aliphatic rings. The standard InChI is InChI=1S/C20H37N5O.HI/c1-21-20(22-11-7-16-8-12-24(2)13-9-16)23-18-10-14-25(15-18)19(26)17-5-3-4-6-17;/h16-18H,3-15H2,1-2H3,(H2,21,22,23);1H. The van der Waals surface area contributed by atoms with Crippen LogP contribution in [0, 0.1) is 11.8 Å². The summed E-state index contributed by atoms with van der Waals surface area (Å²) < 4.78 is 0. The number of carbonyl (C=O) groups excluding carboxylic acids is 1.